The summed E-state index contributed by atoms with van der Waals surface area (Å²) in [6.45, 7) is 2.20. The van der Waals surface area contributed by atoms with Gasteiger partial charge < -0.3 is 4.90 Å². The van der Waals surface area contributed by atoms with Crippen LogP contribution in [0.5, 0.6) is 0 Å². The summed E-state index contributed by atoms with van der Waals surface area (Å²) in [6.07, 6.45) is 2.22. The van der Waals surface area contributed by atoms with Crippen molar-refractivity contribution in [2.45, 2.75) is 18.8 Å². The predicted octanol–water partition coefficient (Wildman–Crippen LogP) is 3.32. The van der Waals surface area contributed by atoms with E-state index in [4.69, 9.17) is 16.7 Å². The standard InChI is InChI=1S/C15H16ClN5S/c1-20-7-5-10(6-8-20)13-17-18-15-21(13)19-14(22-15)11-3-2-4-12(16)9-11/h2-4,9-10H,5-8H2,1H3. The van der Waals surface area contributed by atoms with Gasteiger partial charge in [-0.3, -0.25) is 0 Å². The second kappa shape index (κ2) is 5.61. The maximum Gasteiger partial charge on any atom is 0.234 e. The molecule has 1 fully saturated rings. The van der Waals surface area contributed by atoms with Crippen molar-refractivity contribution >= 4 is 27.9 Å². The molecule has 0 saturated carbocycles. The van der Waals surface area contributed by atoms with E-state index in [-0.39, 0.29) is 0 Å². The van der Waals surface area contributed by atoms with Crippen LogP contribution in [0.25, 0.3) is 15.5 Å². The normalized spacial score (nSPS) is 17.4. The number of fused-ring (bicyclic) bond motifs is 1. The third-order valence-corrected chi connectivity index (χ3v) is 5.35. The monoisotopic (exact) mass is 333 g/mol. The molecule has 7 heteroatoms. The molecular formula is C15H16ClN5S. The average Bonchev–Trinajstić information content (AvgIpc) is 3.08. The van der Waals surface area contributed by atoms with Crippen molar-refractivity contribution in [1.29, 1.82) is 0 Å². The molecule has 0 aliphatic carbocycles. The lowest BCUT2D eigenvalue weighted by molar-refractivity contribution is 0.250. The first-order chi connectivity index (χ1) is 10.7. The third-order valence-electron chi connectivity index (χ3n) is 4.17. The van der Waals surface area contributed by atoms with Crippen LogP contribution in [-0.2, 0) is 0 Å². The van der Waals surface area contributed by atoms with Gasteiger partial charge in [-0.05, 0) is 45.1 Å². The molecule has 0 N–H and O–H groups in total. The van der Waals surface area contributed by atoms with Crippen molar-refractivity contribution in [3.63, 3.8) is 0 Å². The molecule has 2 aromatic heterocycles. The third kappa shape index (κ3) is 2.51. The van der Waals surface area contributed by atoms with E-state index in [1.54, 1.807) is 11.3 Å². The molecule has 1 aliphatic rings. The molecule has 0 amide bonds. The fourth-order valence-electron chi connectivity index (χ4n) is 2.89. The largest absolute Gasteiger partial charge is 0.306 e. The number of hydrogen-bond acceptors (Lipinski definition) is 5. The molecule has 3 aromatic rings. The van der Waals surface area contributed by atoms with Gasteiger partial charge in [0.2, 0.25) is 4.96 Å². The lowest BCUT2D eigenvalue weighted by Gasteiger charge is -2.27. The maximum atomic E-state index is 6.07. The van der Waals surface area contributed by atoms with Crippen molar-refractivity contribution in [3.05, 3.63) is 35.1 Å². The highest BCUT2D eigenvalue weighted by atomic mass is 35.5. The molecule has 1 aliphatic heterocycles. The van der Waals surface area contributed by atoms with Crippen molar-refractivity contribution in [3.8, 4) is 10.6 Å². The van der Waals surface area contributed by atoms with Crippen LogP contribution in [0, 0.1) is 0 Å². The van der Waals surface area contributed by atoms with Crippen LogP contribution >= 0.6 is 22.9 Å². The lowest BCUT2D eigenvalue weighted by atomic mass is 9.96. The second-order valence-corrected chi connectivity index (χ2v) is 7.14. The molecule has 22 heavy (non-hydrogen) atoms. The van der Waals surface area contributed by atoms with Crippen LogP contribution in [-0.4, -0.2) is 44.8 Å². The Hall–Kier alpha value is -1.50. The molecule has 0 spiro atoms. The van der Waals surface area contributed by atoms with Crippen molar-refractivity contribution in [2.24, 2.45) is 0 Å². The SMILES string of the molecule is CN1CCC(c2nnc3sc(-c4cccc(Cl)c4)nn23)CC1. The van der Waals surface area contributed by atoms with E-state index < -0.39 is 0 Å². The topological polar surface area (TPSA) is 46.3 Å². The van der Waals surface area contributed by atoms with E-state index in [0.29, 0.717) is 5.92 Å². The summed E-state index contributed by atoms with van der Waals surface area (Å²) in [7, 11) is 2.16. The summed E-state index contributed by atoms with van der Waals surface area (Å²) in [5.74, 6) is 1.44. The summed E-state index contributed by atoms with van der Waals surface area (Å²) in [5.41, 5.74) is 1.03. The van der Waals surface area contributed by atoms with E-state index in [2.05, 4.69) is 22.1 Å². The van der Waals surface area contributed by atoms with Gasteiger partial charge in [-0.15, -0.1) is 10.2 Å². The number of hydrogen-bond donors (Lipinski definition) is 0. The smallest absolute Gasteiger partial charge is 0.234 e. The van der Waals surface area contributed by atoms with Crippen molar-refractivity contribution in [2.75, 3.05) is 20.1 Å². The molecule has 5 nitrogen and oxygen atoms in total. The highest BCUT2D eigenvalue weighted by Gasteiger charge is 2.24. The van der Waals surface area contributed by atoms with Crippen molar-refractivity contribution in [1.82, 2.24) is 24.7 Å². The van der Waals surface area contributed by atoms with Gasteiger partial charge in [-0.2, -0.15) is 9.61 Å². The Balaban J connectivity index is 1.70. The number of aromatic nitrogens is 4. The van der Waals surface area contributed by atoms with E-state index in [1.807, 2.05) is 28.8 Å². The second-order valence-electron chi connectivity index (χ2n) is 5.75. The first kappa shape index (κ1) is 14.1. The minimum Gasteiger partial charge on any atom is -0.306 e. The minimum absolute atomic E-state index is 0.445. The van der Waals surface area contributed by atoms with Crippen LogP contribution < -0.4 is 0 Å². The zero-order valence-corrected chi connectivity index (χ0v) is 13.8. The number of halogens is 1. The van der Waals surface area contributed by atoms with Gasteiger partial charge in [0.15, 0.2) is 5.82 Å². The Bertz CT molecular complexity index is 803. The number of rotatable bonds is 2. The molecule has 0 atom stereocenters. The number of piperidine rings is 1. The van der Waals surface area contributed by atoms with Gasteiger partial charge in [-0.25, -0.2) is 0 Å². The zero-order valence-electron chi connectivity index (χ0n) is 12.2. The lowest BCUT2D eigenvalue weighted by Crippen LogP contribution is -2.30. The number of benzene rings is 1. The molecule has 0 unspecified atom stereocenters. The van der Waals surface area contributed by atoms with Crippen molar-refractivity contribution < 1.29 is 0 Å². The molecule has 3 heterocycles. The van der Waals surface area contributed by atoms with E-state index in [0.717, 1.165) is 52.3 Å². The average molecular weight is 334 g/mol. The van der Waals surface area contributed by atoms with Gasteiger partial charge in [0, 0.05) is 16.5 Å². The Morgan fingerprint density at radius 1 is 1.23 bits per heavy atom. The fourth-order valence-corrected chi connectivity index (χ4v) is 3.92. The Labute approximate surface area is 137 Å². The van der Waals surface area contributed by atoms with Crippen LogP contribution in [0.15, 0.2) is 24.3 Å². The molecule has 114 valence electrons. The van der Waals surface area contributed by atoms with Gasteiger partial charge >= 0.3 is 0 Å². The molecule has 1 aromatic carbocycles. The van der Waals surface area contributed by atoms with E-state index in [1.165, 1.54) is 0 Å². The first-order valence-corrected chi connectivity index (χ1v) is 8.57. The minimum atomic E-state index is 0.445. The Morgan fingerprint density at radius 2 is 2.05 bits per heavy atom. The summed E-state index contributed by atoms with van der Waals surface area (Å²) in [6, 6.07) is 7.77. The predicted molar refractivity (Wildman–Crippen MR) is 88.6 cm³/mol. The quantitative estimate of drug-likeness (QED) is 0.721. The summed E-state index contributed by atoms with van der Waals surface area (Å²) >= 11 is 7.63. The number of likely N-dealkylation sites (tertiary alicyclic amines) is 1. The number of nitrogens with zero attached hydrogens (tertiary/aromatic N) is 5. The highest BCUT2D eigenvalue weighted by Crippen LogP contribution is 2.31. The molecule has 0 radical (unpaired) electrons. The summed E-state index contributed by atoms with van der Waals surface area (Å²) in [5, 5.41) is 15.0. The van der Waals surface area contributed by atoms with E-state index >= 15 is 0 Å². The van der Waals surface area contributed by atoms with E-state index in [9.17, 15) is 0 Å². The Morgan fingerprint density at radius 3 is 2.82 bits per heavy atom. The molecule has 4 rings (SSSR count). The molecular weight excluding hydrogens is 318 g/mol. The van der Waals surface area contributed by atoms with Crippen LogP contribution in [0.1, 0.15) is 24.6 Å². The zero-order chi connectivity index (χ0) is 15.1. The Kier molecular flexibility index (Phi) is 3.60. The highest BCUT2D eigenvalue weighted by molar-refractivity contribution is 7.19. The van der Waals surface area contributed by atoms with Crippen LogP contribution in [0.2, 0.25) is 5.02 Å². The van der Waals surface area contributed by atoms with Gasteiger partial charge in [0.1, 0.15) is 5.01 Å². The van der Waals surface area contributed by atoms with Gasteiger partial charge in [-0.1, -0.05) is 35.1 Å². The van der Waals surface area contributed by atoms with Gasteiger partial charge in [0.25, 0.3) is 0 Å². The summed E-state index contributed by atoms with van der Waals surface area (Å²) < 4.78 is 1.91. The van der Waals surface area contributed by atoms with Crippen LogP contribution in [0.3, 0.4) is 0 Å². The maximum absolute atomic E-state index is 6.07. The molecule has 1 saturated heterocycles. The van der Waals surface area contributed by atoms with Gasteiger partial charge in [0.05, 0.1) is 0 Å². The van der Waals surface area contributed by atoms with Crippen LogP contribution in [0.4, 0.5) is 0 Å². The fraction of sp³-hybridized carbons (Fsp3) is 0.400. The first-order valence-electron chi connectivity index (χ1n) is 7.37. The summed E-state index contributed by atoms with van der Waals surface area (Å²) in [4.78, 5) is 3.21. The molecule has 0 bridgehead atoms.